The fourth-order valence-corrected chi connectivity index (χ4v) is 2.23. The van der Waals surface area contributed by atoms with Gasteiger partial charge in [-0.15, -0.1) is 0 Å². The molecule has 0 radical (unpaired) electrons. The Morgan fingerprint density at radius 3 is 2.71 bits per heavy atom. The first-order valence-corrected chi connectivity index (χ1v) is 6.99. The van der Waals surface area contributed by atoms with Gasteiger partial charge in [0.15, 0.2) is 0 Å². The Morgan fingerprint density at radius 2 is 2.05 bits per heavy atom. The van der Waals surface area contributed by atoms with Gasteiger partial charge in [-0.1, -0.05) is 23.2 Å². The second-order valence-corrected chi connectivity index (χ2v) is 5.57. The predicted octanol–water partition coefficient (Wildman–Crippen LogP) is 4.31. The molecule has 0 bridgehead atoms. The van der Waals surface area contributed by atoms with E-state index in [0.717, 1.165) is 0 Å². The normalized spacial score (nSPS) is 10.2. The first kappa shape index (κ1) is 15.7. The average molecular weight is 391 g/mol. The van der Waals surface area contributed by atoms with Crippen molar-refractivity contribution < 1.29 is 9.72 Å². The van der Waals surface area contributed by atoms with Crippen LogP contribution < -0.4 is 5.32 Å². The van der Waals surface area contributed by atoms with Crippen LogP contribution in [0.5, 0.6) is 0 Å². The number of pyridine rings is 1. The third kappa shape index (κ3) is 3.69. The molecule has 21 heavy (non-hydrogen) atoms. The average Bonchev–Trinajstić information content (AvgIpc) is 2.41. The number of nitrogens with zero attached hydrogens (tertiary/aromatic N) is 2. The fraction of sp³-hybridized carbons (Fsp3) is 0. The Morgan fingerprint density at radius 1 is 1.33 bits per heavy atom. The van der Waals surface area contributed by atoms with Gasteiger partial charge in [-0.25, -0.2) is 4.98 Å². The van der Waals surface area contributed by atoms with Gasteiger partial charge in [0.2, 0.25) is 0 Å². The number of nitro benzene ring substituents is 1. The highest BCUT2D eigenvalue weighted by Crippen LogP contribution is 2.29. The van der Waals surface area contributed by atoms with Crippen LogP contribution in [-0.2, 0) is 0 Å². The molecular weight excluding hydrogens is 385 g/mol. The second-order valence-electron chi connectivity index (χ2n) is 3.86. The number of aromatic nitrogens is 1. The first-order chi connectivity index (χ1) is 9.88. The van der Waals surface area contributed by atoms with E-state index in [1.165, 1.54) is 30.5 Å². The van der Waals surface area contributed by atoms with E-state index < -0.39 is 10.8 Å². The molecule has 0 unspecified atom stereocenters. The predicted molar refractivity (Wildman–Crippen MR) is 83.0 cm³/mol. The summed E-state index contributed by atoms with van der Waals surface area (Å²) in [5.41, 5.74) is -0.208. The summed E-state index contributed by atoms with van der Waals surface area (Å²) in [5.74, 6) is -0.626. The number of hydrogen-bond donors (Lipinski definition) is 1. The lowest BCUT2D eigenvalue weighted by Gasteiger charge is -2.07. The second kappa shape index (κ2) is 6.38. The van der Waals surface area contributed by atoms with Crippen LogP contribution in [0.2, 0.25) is 10.2 Å². The summed E-state index contributed by atoms with van der Waals surface area (Å²) in [6.45, 7) is 0. The summed E-state index contributed by atoms with van der Waals surface area (Å²) in [4.78, 5) is 26.3. The quantitative estimate of drug-likeness (QED) is 0.480. The number of nitro groups is 1. The molecule has 0 spiro atoms. The highest BCUT2D eigenvalue weighted by molar-refractivity contribution is 9.10. The molecular formula is C12H6BrCl2N3O3. The summed E-state index contributed by atoms with van der Waals surface area (Å²) in [7, 11) is 0. The highest BCUT2D eigenvalue weighted by Gasteiger charge is 2.19. The topological polar surface area (TPSA) is 85.1 Å². The van der Waals surface area contributed by atoms with Crippen molar-refractivity contribution in [1.82, 2.24) is 4.98 Å². The lowest BCUT2D eigenvalue weighted by Crippen LogP contribution is -2.14. The van der Waals surface area contributed by atoms with E-state index in [4.69, 9.17) is 23.2 Å². The molecule has 0 aliphatic carbocycles. The molecule has 1 heterocycles. The summed E-state index contributed by atoms with van der Waals surface area (Å²) in [6.07, 6.45) is 1.43. The van der Waals surface area contributed by atoms with Gasteiger partial charge in [0.1, 0.15) is 10.8 Å². The van der Waals surface area contributed by atoms with E-state index in [0.29, 0.717) is 4.47 Å². The molecule has 108 valence electrons. The highest BCUT2D eigenvalue weighted by atomic mass is 79.9. The number of carbonyl (C=O) groups is 1. The zero-order chi connectivity index (χ0) is 15.6. The molecule has 9 heteroatoms. The number of benzene rings is 1. The van der Waals surface area contributed by atoms with Crippen molar-refractivity contribution in [2.24, 2.45) is 0 Å². The maximum atomic E-state index is 12.2. The molecule has 1 aromatic carbocycles. The Labute approximate surface area is 137 Å². The molecule has 0 aliphatic heterocycles. The van der Waals surface area contributed by atoms with Crippen molar-refractivity contribution in [2.75, 3.05) is 5.32 Å². The Kier molecular flexibility index (Phi) is 4.76. The van der Waals surface area contributed by atoms with Crippen LogP contribution in [0, 0.1) is 10.1 Å². The third-order valence-electron chi connectivity index (χ3n) is 2.45. The van der Waals surface area contributed by atoms with Gasteiger partial charge in [-0.3, -0.25) is 14.9 Å². The van der Waals surface area contributed by atoms with Crippen LogP contribution in [0.25, 0.3) is 0 Å². The lowest BCUT2D eigenvalue weighted by molar-refractivity contribution is -0.383. The van der Waals surface area contributed by atoms with Crippen LogP contribution in [0.3, 0.4) is 0 Å². The number of hydrogen-bond acceptors (Lipinski definition) is 4. The molecule has 2 rings (SSSR count). The minimum atomic E-state index is -0.626. The minimum absolute atomic E-state index is 0.0135. The molecule has 1 amide bonds. The van der Waals surface area contributed by atoms with Gasteiger partial charge in [-0.2, -0.15) is 0 Å². The van der Waals surface area contributed by atoms with E-state index in [2.05, 4.69) is 26.2 Å². The van der Waals surface area contributed by atoms with E-state index in [1.807, 2.05) is 0 Å². The first-order valence-electron chi connectivity index (χ1n) is 5.45. The smallest absolute Gasteiger partial charge is 0.292 e. The van der Waals surface area contributed by atoms with Crippen molar-refractivity contribution in [3.05, 3.63) is 60.8 Å². The molecule has 1 N–H and O–H groups in total. The molecule has 0 fully saturated rings. The number of nitrogens with one attached hydrogen (secondary N) is 1. The summed E-state index contributed by atoms with van der Waals surface area (Å²) < 4.78 is 0.553. The number of rotatable bonds is 3. The summed E-state index contributed by atoms with van der Waals surface area (Å²) in [5, 5.41) is 13.6. The maximum Gasteiger partial charge on any atom is 0.292 e. The van der Waals surface area contributed by atoms with Gasteiger partial charge in [0.25, 0.3) is 11.6 Å². The van der Waals surface area contributed by atoms with Crippen LogP contribution in [-0.4, -0.2) is 15.8 Å². The Hall–Kier alpha value is -1.70. The Balaban J connectivity index is 2.38. The van der Waals surface area contributed by atoms with E-state index in [-0.39, 0.29) is 27.1 Å². The van der Waals surface area contributed by atoms with Crippen molar-refractivity contribution in [2.45, 2.75) is 0 Å². The van der Waals surface area contributed by atoms with E-state index in [1.54, 1.807) is 0 Å². The standard InChI is InChI=1S/C12H6BrCl2N3O3/c13-6-3-8(11(15)16-5-6)12(19)17-9-4-7(14)1-2-10(9)18(20)21/h1-5H,(H,17,19). The Bertz CT molecular complexity index is 740. The van der Waals surface area contributed by atoms with Crippen molar-refractivity contribution in [3.8, 4) is 0 Å². The van der Waals surface area contributed by atoms with Gasteiger partial charge < -0.3 is 5.32 Å². The van der Waals surface area contributed by atoms with Gasteiger partial charge in [-0.05, 0) is 34.1 Å². The van der Waals surface area contributed by atoms with E-state index >= 15 is 0 Å². The number of halogens is 3. The zero-order valence-electron chi connectivity index (χ0n) is 10.1. The van der Waals surface area contributed by atoms with Crippen molar-refractivity contribution >= 4 is 56.4 Å². The zero-order valence-corrected chi connectivity index (χ0v) is 13.2. The van der Waals surface area contributed by atoms with Crippen molar-refractivity contribution in [3.63, 3.8) is 0 Å². The fourth-order valence-electron chi connectivity index (χ4n) is 1.54. The van der Waals surface area contributed by atoms with Crippen LogP contribution in [0.15, 0.2) is 34.9 Å². The number of carbonyl (C=O) groups excluding carboxylic acids is 1. The molecule has 0 saturated heterocycles. The molecule has 0 saturated carbocycles. The maximum absolute atomic E-state index is 12.2. The SMILES string of the molecule is O=C(Nc1cc(Cl)ccc1[N+](=O)[O-])c1cc(Br)cnc1Cl. The number of anilines is 1. The molecule has 6 nitrogen and oxygen atoms in total. The van der Waals surface area contributed by atoms with Gasteiger partial charge >= 0.3 is 0 Å². The molecule has 1 aromatic heterocycles. The lowest BCUT2D eigenvalue weighted by atomic mass is 10.2. The van der Waals surface area contributed by atoms with Crippen LogP contribution in [0.1, 0.15) is 10.4 Å². The summed E-state index contributed by atoms with van der Waals surface area (Å²) >= 11 is 14.8. The van der Waals surface area contributed by atoms with Gasteiger partial charge in [0.05, 0.1) is 10.5 Å². The van der Waals surface area contributed by atoms with Crippen LogP contribution in [0.4, 0.5) is 11.4 Å². The molecule has 2 aromatic rings. The van der Waals surface area contributed by atoms with Gasteiger partial charge in [0, 0.05) is 21.8 Å². The number of amides is 1. The minimum Gasteiger partial charge on any atom is -0.316 e. The monoisotopic (exact) mass is 389 g/mol. The van der Waals surface area contributed by atoms with Crippen molar-refractivity contribution in [1.29, 1.82) is 0 Å². The molecule has 0 atom stereocenters. The third-order valence-corrected chi connectivity index (χ3v) is 3.42. The largest absolute Gasteiger partial charge is 0.316 e. The summed E-state index contributed by atoms with van der Waals surface area (Å²) in [6, 6.07) is 5.32. The van der Waals surface area contributed by atoms with E-state index in [9.17, 15) is 14.9 Å². The van der Waals surface area contributed by atoms with Crippen LogP contribution >= 0.6 is 39.1 Å². The molecule has 0 aliphatic rings.